The molecule has 3 rings (SSSR count). The van der Waals surface area contributed by atoms with Crippen LogP contribution in [0.5, 0.6) is 0 Å². The monoisotopic (exact) mass is 282 g/mol. The van der Waals surface area contributed by atoms with Gasteiger partial charge in [0.2, 0.25) is 0 Å². The number of carbonyl (C=O) groups is 2. The third-order valence-corrected chi connectivity index (χ3v) is 3.27. The molecular weight excluding hydrogens is 272 g/mol. The van der Waals surface area contributed by atoms with E-state index in [1.807, 2.05) is 0 Å². The number of aromatic nitrogens is 2. The Balaban J connectivity index is 2.01. The number of allylic oxidation sites excluding steroid dienone is 2. The van der Waals surface area contributed by atoms with Gasteiger partial charge in [-0.05, 0) is 6.08 Å². The van der Waals surface area contributed by atoms with Gasteiger partial charge in [-0.2, -0.15) is 0 Å². The Morgan fingerprint density at radius 2 is 1.67 bits per heavy atom. The van der Waals surface area contributed by atoms with Gasteiger partial charge in [0, 0.05) is 29.0 Å². The zero-order valence-electron chi connectivity index (χ0n) is 10.8. The average molecular weight is 282 g/mol. The van der Waals surface area contributed by atoms with E-state index in [1.165, 1.54) is 22.9 Å². The molecule has 0 unspecified atom stereocenters. The van der Waals surface area contributed by atoms with E-state index in [1.54, 1.807) is 24.3 Å². The van der Waals surface area contributed by atoms with Crippen molar-refractivity contribution in [1.29, 1.82) is 0 Å². The molecule has 1 aromatic heterocycles. The minimum absolute atomic E-state index is 0.0610. The summed E-state index contributed by atoms with van der Waals surface area (Å²) < 4.78 is 1.17. The number of rotatable bonds is 2. The van der Waals surface area contributed by atoms with Crippen molar-refractivity contribution in [3.8, 4) is 0 Å². The molecule has 104 valence electrons. The normalized spacial score (nSPS) is 13.8. The maximum Gasteiger partial charge on any atom is 0.328 e. The van der Waals surface area contributed by atoms with Gasteiger partial charge in [0.05, 0.1) is 6.54 Å². The molecule has 1 aliphatic carbocycles. The van der Waals surface area contributed by atoms with Crippen molar-refractivity contribution in [1.82, 2.24) is 9.55 Å². The third kappa shape index (κ3) is 2.27. The minimum atomic E-state index is -0.623. The molecule has 0 atom stereocenters. The number of hydrogen-bond donors (Lipinski definition) is 1. The van der Waals surface area contributed by atoms with E-state index < -0.39 is 11.2 Å². The van der Waals surface area contributed by atoms with Gasteiger partial charge in [0.15, 0.2) is 11.6 Å². The van der Waals surface area contributed by atoms with Crippen LogP contribution in [-0.4, -0.2) is 21.1 Å². The van der Waals surface area contributed by atoms with Gasteiger partial charge in [-0.3, -0.25) is 23.9 Å². The van der Waals surface area contributed by atoms with Gasteiger partial charge in [-0.25, -0.2) is 4.79 Å². The van der Waals surface area contributed by atoms with E-state index in [-0.39, 0.29) is 23.7 Å². The van der Waals surface area contributed by atoms with Crippen molar-refractivity contribution >= 4 is 11.6 Å². The Bertz CT molecular complexity index is 902. The van der Waals surface area contributed by atoms with Gasteiger partial charge in [0.25, 0.3) is 5.56 Å². The molecule has 6 nitrogen and oxygen atoms in total. The summed E-state index contributed by atoms with van der Waals surface area (Å²) in [6.45, 7) is -0.0610. The van der Waals surface area contributed by atoms with E-state index >= 15 is 0 Å². The number of H-pyrrole nitrogens is 1. The van der Waals surface area contributed by atoms with Crippen LogP contribution in [0, 0.1) is 0 Å². The fourth-order valence-corrected chi connectivity index (χ4v) is 2.24. The Morgan fingerprint density at radius 1 is 0.952 bits per heavy atom. The first-order valence-corrected chi connectivity index (χ1v) is 6.24. The summed E-state index contributed by atoms with van der Waals surface area (Å²) in [6, 6.07) is 7.73. The largest absolute Gasteiger partial charge is 0.328 e. The molecule has 0 bridgehead atoms. The lowest BCUT2D eigenvalue weighted by atomic mass is 9.89. The molecule has 6 heteroatoms. The van der Waals surface area contributed by atoms with Crippen LogP contribution >= 0.6 is 0 Å². The molecule has 2 aromatic rings. The average Bonchev–Trinajstić information content (AvgIpc) is 2.47. The zero-order chi connectivity index (χ0) is 15.0. The van der Waals surface area contributed by atoms with E-state index in [0.717, 1.165) is 0 Å². The van der Waals surface area contributed by atoms with Crippen LogP contribution in [0.4, 0.5) is 0 Å². The molecule has 1 heterocycles. The molecule has 0 aliphatic heterocycles. The number of benzene rings is 1. The molecule has 0 fully saturated rings. The highest BCUT2D eigenvalue weighted by atomic mass is 16.2. The second-order valence-electron chi connectivity index (χ2n) is 4.65. The molecule has 1 aromatic carbocycles. The number of hydrogen-bond acceptors (Lipinski definition) is 4. The zero-order valence-corrected chi connectivity index (χ0v) is 10.8. The highest BCUT2D eigenvalue weighted by Crippen LogP contribution is 2.21. The summed E-state index contributed by atoms with van der Waals surface area (Å²) in [7, 11) is 0. The summed E-state index contributed by atoms with van der Waals surface area (Å²) in [5, 5.41) is 0. The second-order valence-corrected chi connectivity index (χ2v) is 4.65. The van der Waals surface area contributed by atoms with Gasteiger partial charge >= 0.3 is 5.69 Å². The third-order valence-electron chi connectivity index (χ3n) is 3.27. The minimum Gasteiger partial charge on any atom is -0.296 e. The van der Waals surface area contributed by atoms with Crippen molar-refractivity contribution in [2.75, 3.05) is 0 Å². The number of carbonyl (C=O) groups excluding carboxylic acids is 2. The SMILES string of the molecule is O=C1C=C(Cn2ccc(=O)[nH]c2=O)C(=O)c2ccccc21. The Kier molecular flexibility index (Phi) is 2.98. The van der Waals surface area contributed by atoms with E-state index in [9.17, 15) is 19.2 Å². The highest BCUT2D eigenvalue weighted by molar-refractivity contribution is 6.24. The van der Waals surface area contributed by atoms with Crippen LogP contribution in [-0.2, 0) is 6.54 Å². The Morgan fingerprint density at radius 3 is 2.38 bits per heavy atom. The van der Waals surface area contributed by atoms with Crippen molar-refractivity contribution in [3.05, 3.63) is 80.1 Å². The number of Topliss-reactive ketones (excluding diaryl/α,β-unsaturated/α-hetero) is 1. The summed E-state index contributed by atoms with van der Waals surface area (Å²) in [4.78, 5) is 49.1. The predicted molar refractivity (Wildman–Crippen MR) is 74.5 cm³/mol. The topological polar surface area (TPSA) is 89.0 Å². The quantitative estimate of drug-likeness (QED) is 0.870. The van der Waals surface area contributed by atoms with Gasteiger partial charge in [-0.15, -0.1) is 0 Å². The number of aromatic amines is 1. The molecule has 1 aliphatic rings. The highest BCUT2D eigenvalue weighted by Gasteiger charge is 2.25. The maximum absolute atomic E-state index is 12.3. The predicted octanol–water partition coefficient (Wildman–Crippen LogP) is 0.542. The van der Waals surface area contributed by atoms with Crippen LogP contribution in [0.2, 0.25) is 0 Å². The van der Waals surface area contributed by atoms with Gasteiger partial charge in [-0.1, -0.05) is 24.3 Å². The Hall–Kier alpha value is -3.02. The lowest BCUT2D eigenvalue weighted by molar-refractivity contribution is 0.0980. The van der Waals surface area contributed by atoms with Gasteiger partial charge in [0.1, 0.15) is 0 Å². The van der Waals surface area contributed by atoms with Crippen molar-refractivity contribution in [2.24, 2.45) is 0 Å². The first kappa shape index (κ1) is 13.0. The summed E-state index contributed by atoms with van der Waals surface area (Å²) in [6.07, 6.45) is 2.53. The molecular formula is C15H10N2O4. The van der Waals surface area contributed by atoms with E-state index in [0.29, 0.717) is 11.1 Å². The van der Waals surface area contributed by atoms with Crippen molar-refractivity contribution in [3.63, 3.8) is 0 Å². The molecule has 0 saturated heterocycles. The fraction of sp³-hybridized carbons (Fsp3) is 0.0667. The molecule has 0 spiro atoms. The van der Waals surface area contributed by atoms with Crippen LogP contribution in [0.1, 0.15) is 20.7 Å². The summed E-state index contributed by atoms with van der Waals surface area (Å²) >= 11 is 0. The molecule has 0 amide bonds. The Labute approximate surface area is 118 Å². The lowest BCUT2D eigenvalue weighted by Gasteiger charge is -2.15. The van der Waals surface area contributed by atoms with Crippen molar-refractivity contribution < 1.29 is 9.59 Å². The number of fused-ring (bicyclic) bond motifs is 1. The summed E-state index contributed by atoms with van der Waals surface area (Å²) in [5.74, 6) is -0.555. The first-order valence-electron chi connectivity index (χ1n) is 6.24. The van der Waals surface area contributed by atoms with Crippen LogP contribution < -0.4 is 11.2 Å². The first-order chi connectivity index (χ1) is 10.1. The fourth-order valence-electron chi connectivity index (χ4n) is 2.24. The molecule has 21 heavy (non-hydrogen) atoms. The standard InChI is InChI=1S/C15H10N2O4/c18-12-7-9(8-17-6-5-13(19)16-15(17)21)14(20)11-4-2-1-3-10(11)12/h1-7H,8H2,(H,16,19,21). The van der Waals surface area contributed by atoms with E-state index in [2.05, 4.69) is 4.98 Å². The second kappa shape index (κ2) is 4.82. The lowest BCUT2D eigenvalue weighted by Crippen LogP contribution is -2.31. The smallest absolute Gasteiger partial charge is 0.296 e. The van der Waals surface area contributed by atoms with Crippen LogP contribution in [0.25, 0.3) is 0 Å². The van der Waals surface area contributed by atoms with E-state index in [4.69, 9.17) is 0 Å². The maximum atomic E-state index is 12.3. The van der Waals surface area contributed by atoms with Crippen molar-refractivity contribution in [2.45, 2.75) is 6.54 Å². The molecule has 0 saturated carbocycles. The van der Waals surface area contributed by atoms with Crippen LogP contribution in [0.15, 0.2) is 57.8 Å². The number of ketones is 2. The molecule has 1 N–H and O–H groups in total. The number of nitrogens with one attached hydrogen (secondary N) is 1. The number of nitrogens with zero attached hydrogens (tertiary/aromatic N) is 1. The summed E-state index contributed by atoms with van der Waals surface area (Å²) in [5.41, 5.74) is -0.227. The molecule has 0 radical (unpaired) electrons. The van der Waals surface area contributed by atoms with Gasteiger partial charge < -0.3 is 0 Å². The van der Waals surface area contributed by atoms with Crippen LogP contribution in [0.3, 0.4) is 0 Å².